The van der Waals surface area contributed by atoms with Gasteiger partial charge in [0.15, 0.2) is 0 Å². The lowest BCUT2D eigenvalue weighted by molar-refractivity contribution is -0.124. The molecule has 0 bridgehead atoms. The third-order valence-corrected chi connectivity index (χ3v) is 6.49. The molecule has 1 fully saturated rings. The Morgan fingerprint density at radius 2 is 1.53 bits per heavy atom. The molecule has 150 valence electrons. The minimum Gasteiger partial charge on any atom is -0.325 e. The molecule has 5 rings (SSSR count). The lowest BCUT2D eigenvalue weighted by Gasteiger charge is -2.40. The minimum atomic E-state index is -0.436. The maximum atomic E-state index is 13.1. The van der Waals surface area contributed by atoms with Crippen LogP contribution in [0.15, 0.2) is 78.9 Å². The van der Waals surface area contributed by atoms with Crippen LogP contribution in [0.5, 0.6) is 0 Å². The van der Waals surface area contributed by atoms with E-state index >= 15 is 0 Å². The molecular weight excluding hydrogens is 372 g/mol. The van der Waals surface area contributed by atoms with Crippen molar-refractivity contribution in [1.29, 1.82) is 0 Å². The van der Waals surface area contributed by atoms with Gasteiger partial charge in [-0.25, -0.2) is 0 Å². The van der Waals surface area contributed by atoms with Crippen LogP contribution in [-0.4, -0.2) is 18.4 Å². The fraction of sp³-hybridized carbons (Fsp3) is 0.231. The van der Waals surface area contributed by atoms with E-state index < -0.39 is 5.41 Å². The third kappa shape index (κ3) is 3.09. The van der Waals surface area contributed by atoms with Crippen molar-refractivity contribution in [3.63, 3.8) is 0 Å². The van der Waals surface area contributed by atoms with Gasteiger partial charge in [-0.2, -0.15) is 0 Å². The molecule has 0 atom stereocenters. The molecule has 0 aromatic heterocycles. The quantitative estimate of drug-likeness (QED) is 0.678. The van der Waals surface area contributed by atoms with Gasteiger partial charge < -0.3 is 10.2 Å². The third-order valence-electron chi connectivity index (χ3n) is 6.49. The number of fused-ring (bicyclic) bond motifs is 1. The summed E-state index contributed by atoms with van der Waals surface area (Å²) in [6.07, 6.45) is 3.69. The van der Waals surface area contributed by atoms with Crippen molar-refractivity contribution in [2.24, 2.45) is 0 Å². The van der Waals surface area contributed by atoms with Crippen LogP contribution in [0.25, 0.3) is 0 Å². The molecule has 0 spiro atoms. The molecule has 2 amide bonds. The molecule has 1 N–H and O–H groups in total. The van der Waals surface area contributed by atoms with E-state index in [0.717, 1.165) is 42.6 Å². The molecule has 1 saturated carbocycles. The van der Waals surface area contributed by atoms with Crippen molar-refractivity contribution in [2.45, 2.75) is 31.1 Å². The van der Waals surface area contributed by atoms with E-state index in [4.69, 9.17) is 0 Å². The van der Waals surface area contributed by atoms with Crippen molar-refractivity contribution >= 4 is 23.2 Å². The van der Waals surface area contributed by atoms with E-state index in [1.54, 1.807) is 12.1 Å². The smallest absolute Gasteiger partial charge is 0.258 e. The fourth-order valence-electron chi connectivity index (χ4n) is 4.59. The molecule has 2 aliphatic rings. The highest BCUT2D eigenvalue weighted by molar-refractivity contribution is 6.07. The Bertz CT molecular complexity index is 1090. The Hall–Kier alpha value is -3.40. The predicted molar refractivity (Wildman–Crippen MR) is 119 cm³/mol. The van der Waals surface area contributed by atoms with Crippen molar-refractivity contribution < 1.29 is 9.59 Å². The van der Waals surface area contributed by atoms with Gasteiger partial charge in [0.05, 0.1) is 5.41 Å². The summed E-state index contributed by atoms with van der Waals surface area (Å²) in [5.74, 6) is 0.0325. The lowest BCUT2D eigenvalue weighted by Crippen LogP contribution is -2.45. The van der Waals surface area contributed by atoms with Gasteiger partial charge in [-0.05, 0) is 60.7 Å². The van der Waals surface area contributed by atoms with Crippen molar-refractivity contribution in [2.75, 3.05) is 16.8 Å². The van der Waals surface area contributed by atoms with Crippen LogP contribution in [0.4, 0.5) is 11.4 Å². The molecule has 0 saturated heterocycles. The van der Waals surface area contributed by atoms with Crippen LogP contribution in [0.2, 0.25) is 0 Å². The molecule has 4 nitrogen and oxygen atoms in total. The number of para-hydroxylation sites is 1. The highest BCUT2D eigenvalue weighted by Gasteiger charge is 2.45. The average molecular weight is 396 g/mol. The summed E-state index contributed by atoms with van der Waals surface area (Å²) in [6.45, 7) is 0.705. The molecule has 4 heteroatoms. The van der Waals surface area contributed by atoms with Crippen LogP contribution >= 0.6 is 0 Å². The molecular formula is C26H24N2O2. The Labute approximate surface area is 176 Å². The zero-order valence-corrected chi connectivity index (χ0v) is 16.8. The highest BCUT2D eigenvalue weighted by atomic mass is 16.2. The average Bonchev–Trinajstić information content (AvgIpc) is 3.18. The number of nitrogens with one attached hydrogen (secondary N) is 1. The Morgan fingerprint density at radius 1 is 0.833 bits per heavy atom. The summed E-state index contributed by atoms with van der Waals surface area (Å²) in [5, 5.41) is 3.07. The first-order chi connectivity index (χ1) is 14.7. The van der Waals surface area contributed by atoms with Crippen LogP contribution < -0.4 is 10.2 Å². The number of amides is 2. The lowest BCUT2D eigenvalue weighted by atomic mass is 9.64. The van der Waals surface area contributed by atoms with Crippen molar-refractivity contribution in [1.82, 2.24) is 0 Å². The number of carbonyl (C=O) groups is 2. The van der Waals surface area contributed by atoms with Crippen LogP contribution in [-0.2, 0) is 16.6 Å². The second kappa shape index (κ2) is 7.45. The van der Waals surface area contributed by atoms with Gasteiger partial charge >= 0.3 is 0 Å². The zero-order valence-electron chi connectivity index (χ0n) is 16.8. The van der Waals surface area contributed by atoms with E-state index in [1.807, 2.05) is 65.6 Å². The zero-order chi connectivity index (χ0) is 20.6. The monoisotopic (exact) mass is 396 g/mol. The summed E-state index contributed by atoms with van der Waals surface area (Å²) in [6, 6.07) is 25.3. The van der Waals surface area contributed by atoms with Gasteiger partial charge in [0.1, 0.15) is 0 Å². The normalized spacial score (nSPS) is 16.5. The minimum absolute atomic E-state index is 0.00225. The number of anilines is 2. The molecule has 30 heavy (non-hydrogen) atoms. The molecule has 3 aromatic carbocycles. The van der Waals surface area contributed by atoms with Gasteiger partial charge in [-0.1, -0.05) is 55.0 Å². The highest BCUT2D eigenvalue weighted by Crippen LogP contribution is 2.44. The van der Waals surface area contributed by atoms with E-state index in [2.05, 4.69) is 11.4 Å². The van der Waals surface area contributed by atoms with Gasteiger partial charge in [-0.3, -0.25) is 9.59 Å². The molecule has 0 radical (unpaired) electrons. The summed E-state index contributed by atoms with van der Waals surface area (Å²) in [7, 11) is 0. The maximum Gasteiger partial charge on any atom is 0.258 e. The topological polar surface area (TPSA) is 49.4 Å². The first kappa shape index (κ1) is 18.6. The van der Waals surface area contributed by atoms with Gasteiger partial charge in [0.2, 0.25) is 5.91 Å². The van der Waals surface area contributed by atoms with E-state index in [1.165, 1.54) is 5.56 Å². The first-order valence-electron chi connectivity index (χ1n) is 10.5. The summed E-state index contributed by atoms with van der Waals surface area (Å²) < 4.78 is 0. The Balaban J connectivity index is 1.31. The Morgan fingerprint density at radius 3 is 2.23 bits per heavy atom. The SMILES string of the molecule is O=C(c1ccc(NC(=O)C2(c3ccccc3)CCC2)cc1)N1CCc2ccccc21. The fourth-order valence-corrected chi connectivity index (χ4v) is 4.59. The molecule has 1 heterocycles. The largest absolute Gasteiger partial charge is 0.325 e. The first-order valence-corrected chi connectivity index (χ1v) is 10.5. The number of carbonyl (C=O) groups excluding carboxylic acids is 2. The van der Waals surface area contributed by atoms with E-state index in [0.29, 0.717) is 12.1 Å². The Kier molecular flexibility index (Phi) is 4.62. The standard InChI is InChI=1S/C26H24N2O2/c29-24(28-18-15-19-7-4-5-10-23(19)28)20-11-13-22(14-12-20)27-25(30)26(16-6-17-26)21-8-2-1-3-9-21/h1-5,7-14H,6,15-18H2,(H,27,30). The van der Waals surface area contributed by atoms with Crippen LogP contribution in [0, 0.1) is 0 Å². The number of benzene rings is 3. The van der Waals surface area contributed by atoms with E-state index in [9.17, 15) is 9.59 Å². The molecule has 1 aliphatic carbocycles. The van der Waals surface area contributed by atoms with Crippen LogP contribution in [0.1, 0.15) is 40.7 Å². The summed E-state index contributed by atoms with van der Waals surface area (Å²) in [5.41, 5.74) is 4.20. The predicted octanol–water partition coefficient (Wildman–Crippen LogP) is 4.95. The number of hydrogen-bond donors (Lipinski definition) is 1. The number of hydrogen-bond acceptors (Lipinski definition) is 2. The number of nitrogens with zero attached hydrogens (tertiary/aromatic N) is 1. The van der Waals surface area contributed by atoms with Crippen LogP contribution in [0.3, 0.4) is 0 Å². The van der Waals surface area contributed by atoms with Gasteiger partial charge in [0.25, 0.3) is 5.91 Å². The summed E-state index contributed by atoms with van der Waals surface area (Å²) in [4.78, 5) is 27.9. The summed E-state index contributed by atoms with van der Waals surface area (Å²) >= 11 is 0. The van der Waals surface area contributed by atoms with Gasteiger partial charge in [-0.15, -0.1) is 0 Å². The maximum absolute atomic E-state index is 13.1. The molecule has 0 unspecified atom stereocenters. The number of rotatable bonds is 4. The van der Waals surface area contributed by atoms with Gasteiger partial charge in [0, 0.05) is 23.5 Å². The van der Waals surface area contributed by atoms with E-state index in [-0.39, 0.29) is 11.8 Å². The molecule has 1 aliphatic heterocycles. The second-order valence-electron chi connectivity index (χ2n) is 8.17. The van der Waals surface area contributed by atoms with Crippen molar-refractivity contribution in [3.8, 4) is 0 Å². The second-order valence-corrected chi connectivity index (χ2v) is 8.17. The van der Waals surface area contributed by atoms with Crippen molar-refractivity contribution in [3.05, 3.63) is 95.6 Å². The molecule has 3 aromatic rings.